The van der Waals surface area contributed by atoms with Crippen LogP contribution < -0.4 is 21.3 Å². The number of nitrogens with one attached hydrogen (secondary N) is 1. The van der Waals surface area contributed by atoms with Crippen molar-refractivity contribution >= 4 is 27.5 Å². The number of hydrogen-bond acceptors (Lipinski definition) is 5. The molecule has 0 bridgehead atoms. The summed E-state index contributed by atoms with van der Waals surface area (Å²) in [5, 5.41) is 4.59. The Bertz CT molecular complexity index is 1410. The minimum absolute atomic E-state index is 0.187. The lowest BCUT2D eigenvalue weighted by Crippen LogP contribution is -2.41. The van der Waals surface area contributed by atoms with Gasteiger partial charge in [-0.3, -0.25) is 14.2 Å². The third kappa shape index (κ3) is 4.09. The Kier molecular flexibility index (Phi) is 5.96. The first-order valence-electron chi connectivity index (χ1n) is 10.1. The molecular formula is C24H23N3O4S. The maximum Gasteiger partial charge on any atom is 0.336 e. The lowest BCUT2D eigenvalue weighted by atomic mass is 10.1. The van der Waals surface area contributed by atoms with E-state index in [1.807, 2.05) is 50.2 Å². The molecule has 0 spiro atoms. The summed E-state index contributed by atoms with van der Waals surface area (Å²) < 4.78 is 8.09. The van der Waals surface area contributed by atoms with Crippen LogP contribution in [0.2, 0.25) is 0 Å². The predicted molar refractivity (Wildman–Crippen MR) is 126 cm³/mol. The van der Waals surface area contributed by atoms with Crippen LogP contribution >= 0.6 is 11.3 Å². The molecule has 0 atom stereocenters. The van der Waals surface area contributed by atoms with Gasteiger partial charge in [-0.25, -0.2) is 9.36 Å². The monoisotopic (exact) mass is 449 g/mol. The van der Waals surface area contributed by atoms with Gasteiger partial charge in [0.1, 0.15) is 17.0 Å². The van der Waals surface area contributed by atoms with Crippen molar-refractivity contribution in [2.75, 3.05) is 7.11 Å². The molecule has 0 unspecified atom stereocenters. The second kappa shape index (κ2) is 8.84. The molecular weight excluding hydrogens is 426 g/mol. The number of carbonyl (C=O) groups is 1. The van der Waals surface area contributed by atoms with E-state index >= 15 is 0 Å². The topological polar surface area (TPSA) is 82.3 Å². The van der Waals surface area contributed by atoms with Crippen LogP contribution in [0.1, 0.15) is 16.7 Å². The predicted octanol–water partition coefficient (Wildman–Crippen LogP) is 3.16. The summed E-state index contributed by atoms with van der Waals surface area (Å²) in [6.07, 6.45) is 0. The summed E-state index contributed by atoms with van der Waals surface area (Å²) >= 11 is 1.26. The van der Waals surface area contributed by atoms with Gasteiger partial charge in [0, 0.05) is 6.54 Å². The molecule has 7 nitrogen and oxygen atoms in total. The lowest BCUT2D eigenvalue weighted by Gasteiger charge is -2.14. The minimum Gasteiger partial charge on any atom is -0.497 e. The van der Waals surface area contributed by atoms with Crippen LogP contribution in [0.5, 0.6) is 5.75 Å². The van der Waals surface area contributed by atoms with Gasteiger partial charge in [0.15, 0.2) is 0 Å². The van der Waals surface area contributed by atoms with Crippen LogP contribution in [0, 0.1) is 13.8 Å². The quantitative estimate of drug-likeness (QED) is 0.490. The molecule has 0 radical (unpaired) electrons. The molecule has 2 heterocycles. The van der Waals surface area contributed by atoms with E-state index in [1.54, 1.807) is 24.6 Å². The number of methoxy groups -OCH3 is 1. The van der Waals surface area contributed by atoms with Crippen LogP contribution in [-0.4, -0.2) is 22.2 Å². The first-order valence-corrected chi connectivity index (χ1v) is 11.0. The van der Waals surface area contributed by atoms with Gasteiger partial charge in [0.05, 0.1) is 18.3 Å². The zero-order valence-electron chi connectivity index (χ0n) is 18.0. The van der Waals surface area contributed by atoms with Crippen LogP contribution in [-0.2, 0) is 17.9 Å². The molecule has 4 rings (SSSR count). The van der Waals surface area contributed by atoms with Crippen molar-refractivity contribution in [3.8, 4) is 11.4 Å². The molecule has 4 aromatic rings. The van der Waals surface area contributed by atoms with Crippen molar-refractivity contribution < 1.29 is 9.53 Å². The van der Waals surface area contributed by atoms with Gasteiger partial charge in [-0.15, -0.1) is 11.3 Å². The van der Waals surface area contributed by atoms with Crippen LogP contribution in [0.3, 0.4) is 0 Å². The first-order chi connectivity index (χ1) is 15.4. The Labute approximate surface area is 188 Å². The van der Waals surface area contributed by atoms with E-state index in [1.165, 1.54) is 15.9 Å². The molecule has 2 aromatic carbocycles. The molecule has 0 saturated heterocycles. The van der Waals surface area contributed by atoms with Gasteiger partial charge >= 0.3 is 5.69 Å². The smallest absolute Gasteiger partial charge is 0.336 e. The molecule has 0 saturated carbocycles. The van der Waals surface area contributed by atoms with E-state index in [0.29, 0.717) is 22.4 Å². The number of thiophene rings is 1. The number of benzene rings is 2. The molecule has 32 heavy (non-hydrogen) atoms. The SMILES string of the molecule is COc1ccc(CNC(=O)Cn2c(=O)n(-c3ccc(C)cc3C)c(=O)c3sccc32)cc1. The highest BCUT2D eigenvalue weighted by Gasteiger charge is 2.18. The number of rotatable bonds is 6. The van der Waals surface area contributed by atoms with Crippen molar-refractivity contribution in [1.29, 1.82) is 0 Å². The highest BCUT2D eigenvalue weighted by atomic mass is 32.1. The molecule has 8 heteroatoms. The highest BCUT2D eigenvalue weighted by Crippen LogP contribution is 2.18. The largest absolute Gasteiger partial charge is 0.497 e. The standard InChI is InChI=1S/C24H23N3O4S/c1-15-4-9-19(16(2)12-15)27-23(29)22-20(10-11-32-22)26(24(27)30)14-21(28)25-13-17-5-7-18(31-3)8-6-17/h4-12H,13-14H2,1-3H3,(H,25,28). The van der Waals surface area contributed by atoms with Crippen LogP contribution in [0.15, 0.2) is 63.5 Å². The summed E-state index contributed by atoms with van der Waals surface area (Å²) in [6, 6.07) is 14.6. The maximum atomic E-state index is 13.4. The molecule has 0 fully saturated rings. The van der Waals surface area contributed by atoms with E-state index in [-0.39, 0.29) is 18.0 Å². The number of fused-ring (bicyclic) bond motifs is 1. The molecule has 1 amide bonds. The van der Waals surface area contributed by atoms with Crippen LogP contribution in [0.25, 0.3) is 15.9 Å². The Morgan fingerprint density at radius 1 is 1.06 bits per heavy atom. The third-order valence-electron chi connectivity index (χ3n) is 5.30. The van der Waals surface area contributed by atoms with E-state index in [2.05, 4.69) is 5.32 Å². The maximum absolute atomic E-state index is 13.4. The second-order valence-electron chi connectivity index (χ2n) is 7.56. The number of aryl methyl sites for hydroxylation is 2. The molecule has 0 aliphatic rings. The Hall–Kier alpha value is -3.65. The summed E-state index contributed by atoms with van der Waals surface area (Å²) in [4.78, 5) is 39.1. The molecule has 0 aliphatic carbocycles. The van der Waals surface area contributed by atoms with E-state index in [4.69, 9.17) is 4.74 Å². The van der Waals surface area contributed by atoms with Gasteiger partial charge in [-0.1, -0.05) is 29.8 Å². The van der Waals surface area contributed by atoms with Crippen molar-refractivity contribution in [3.05, 3.63) is 91.4 Å². The number of hydrogen-bond donors (Lipinski definition) is 1. The van der Waals surface area contributed by atoms with Crippen LogP contribution in [0.4, 0.5) is 0 Å². The zero-order chi connectivity index (χ0) is 22.8. The van der Waals surface area contributed by atoms with E-state index < -0.39 is 5.69 Å². The first kappa shape index (κ1) is 21.6. The Morgan fingerprint density at radius 2 is 1.81 bits per heavy atom. The minimum atomic E-state index is -0.535. The number of amides is 1. The normalized spacial score (nSPS) is 11.0. The van der Waals surface area contributed by atoms with E-state index in [0.717, 1.165) is 27.0 Å². The van der Waals surface area contributed by atoms with Gasteiger partial charge < -0.3 is 10.1 Å². The third-order valence-corrected chi connectivity index (χ3v) is 6.19. The Balaban J connectivity index is 1.67. The van der Waals surface area contributed by atoms with Crippen molar-refractivity contribution in [2.45, 2.75) is 26.9 Å². The van der Waals surface area contributed by atoms with Crippen molar-refractivity contribution in [1.82, 2.24) is 14.5 Å². The van der Waals surface area contributed by atoms with Gasteiger partial charge in [-0.05, 0) is 54.6 Å². The summed E-state index contributed by atoms with van der Waals surface area (Å²) in [7, 11) is 1.59. The number of aromatic nitrogens is 2. The van der Waals surface area contributed by atoms with Crippen molar-refractivity contribution in [3.63, 3.8) is 0 Å². The van der Waals surface area contributed by atoms with Crippen molar-refractivity contribution in [2.24, 2.45) is 0 Å². The Morgan fingerprint density at radius 3 is 2.50 bits per heavy atom. The average Bonchev–Trinajstić information content (AvgIpc) is 3.27. The summed E-state index contributed by atoms with van der Waals surface area (Å²) in [5.74, 6) is 0.418. The zero-order valence-corrected chi connectivity index (χ0v) is 18.9. The molecule has 2 aromatic heterocycles. The van der Waals surface area contributed by atoms with Gasteiger partial charge in [-0.2, -0.15) is 0 Å². The van der Waals surface area contributed by atoms with E-state index in [9.17, 15) is 14.4 Å². The van der Waals surface area contributed by atoms with Gasteiger partial charge in [0.2, 0.25) is 5.91 Å². The summed E-state index contributed by atoms with van der Waals surface area (Å²) in [6.45, 7) is 3.95. The number of nitrogens with zero attached hydrogens (tertiary/aromatic N) is 2. The lowest BCUT2D eigenvalue weighted by molar-refractivity contribution is -0.121. The number of carbonyl (C=O) groups excluding carboxylic acids is 1. The average molecular weight is 450 g/mol. The fraction of sp³-hybridized carbons (Fsp3) is 0.208. The fourth-order valence-electron chi connectivity index (χ4n) is 3.65. The fourth-order valence-corrected chi connectivity index (χ4v) is 4.48. The summed E-state index contributed by atoms with van der Waals surface area (Å²) in [5.41, 5.74) is 2.84. The molecule has 164 valence electrons. The molecule has 1 N–H and O–H groups in total. The second-order valence-corrected chi connectivity index (χ2v) is 8.48. The molecule has 0 aliphatic heterocycles. The van der Waals surface area contributed by atoms with Gasteiger partial charge in [0.25, 0.3) is 5.56 Å². The highest BCUT2D eigenvalue weighted by molar-refractivity contribution is 7.17. The number of ether oxygens (including phenoxy) is 1.